The molecule has 2 aliphatic rings. The van der Waals surface area contributed by atoms with Crippen LogP contribution in [0.3, 0.4) is 0 Å². The molecule has 1 atom stereocenters. The number of nitrogens with two attached hydrogens (primary N) is 1. The van der Waals surface area contributed by atoms with Crippen LogP contribution in [-0.4, -0.2) is 24.9 Å². The second kappa shape index (κ2) is 7.51. The number of carbonyl (C=O) groups excluding carboxylic acids is 2. The quantitative estimate of drug-likeness (QED) is 0.784. The smallest absolute Gasteiger partial charge is 0.243 e. The van der Waals surface area contributed by atoms with E-state index in [0.29, 0.717) is 19.0 Å². The van der Waals surface area contributed by atoms with E-state index in [1.807, 2.05) is 30.3 Å². The standard InChI is InChI=1S/C19H25N3O2/c20-19(24)16-5-3-11-22(13-16)17-6-2-1-4-15(17)12-21-18(23)10-9-14-7-8-14/h1-2,4,6,9-10,14,16H,3,5,7-8,11-13H2,(H2,20,24)(H,21,23)/b10-9+. The number of carbonyl (C=O) groups is 2. The molecule has 3 rings (SSSR count). The van der Waals surface area contributed by atoms with Crippen LogP contribution in [0.1, 0.15) is 31.2 Å². The molecular formula is C19H25N3O2. The van der Waals surface area contributed by atoms with Crippen LogP contribution in [0.4, 0.5) is 5.69 Å². The summed E-state index contributed by atoms with van der Waals surface area (Å²) in [5, 5.41) is 2.95. The molecule has 1 saturated carbocycles. The Bertz CT molecular complexity index is 637. The number of benzene rings is 1. The highest BCUT2D eigenvalue weighted by Gasteiger charge is 2.25. The number of piperidine rings is 1. The van der Waals surface area contributed by atoms with Gasteiger partial charge >= 0.3 is 0 Å². The Morgan fingerprint density at radius 3 is 2.79 bits per heavy atom. The molecule has 0 aromatic heterocycles. The van der Waals surface area contributed by atoms with Crippen molar-refractivity contribution in [1.29, 1.82) is 0 Å². The summed E-state index contributed by atoms with van der Waals surface area (Å²) >= 11 is 0. The molecule has 128 valence electrons. The van der Waals surface area contributed by atoms with Gasteiger partial charge in [-0.1, -0.05) is 24.3 Å². The van der Waals surface area contributed by atoms with Crippen LogP contribution in [0.15, 0.2) is 36.4 Å². The van der Waals surface area contributed by atoms with Crippen molar-refractivity contribution in [2.24, 2.45) is 17.6 Å². The van der Waals surface area contributed by atoms with E-state index in [-0.39, 0.29) is 17.7 Å². The molecule has 1 unspecified atom stereocenters. The molecule has 1 saturated heterocycles. The molecule has 0 spiro atoms. The topological polar surface area (TPSA) is 75.4 Å². The monoisotopic (exact) mass is 327 g/mol. The first-order valence-corrected chi connectivity index (χ1v) is 8.71. The number of anilines is 1. The summed E-state index contributed by atoms with van der Waals surface area (Å²) in [6.45, 7) is 2.06. The van der Waals surface area contributed by atoms with E-state index in [4.69, 9.17) is 5.73 Å². The van der Waals surface area contributed by atoms with Gasteiger partial charge in [0.25, 0.3) is 0 Å². The zero-order valence-electron chi connectivity index (χ0n) is 13.9. The Labute approximate surface area is 142 Å². The Morgan fingerprint density at radius 1 is 1.25 bits per heavy atom. The second-order valence-electron chi connectivity index (χ2n) is 6.73. The average molecular weight is 327 g/mol. The van der Waals surface area contributed by atoms with Gasteiger partial charge in [0.05, 0.1) is 5.92 Å². The first kappa shape index (κ1) is 16.6. The van der Waals surface area contributed by atoms with Gasteiger partial charge in [0.2, 0.25) is 11.8 Å². The molecule has 1 aromatic rings. The van der Waals surface area contributed by atoms with Gasteiger partial charge in [0.15, 0.2) is 0 Å². The largest absolute Gasteiger partial charge is 0.370 e. The molecule has 2 amide bonds. The van der Waals surface area contributed by atoms with Gasteiger partial charge in [0, 0.05) is 25.3 Å². The number of nitrogens with zero attached hydrogens (tertiary/aromatic N) is 1. The second-order valence-corrected chi connectivity index (χ2v) is 6.73. The van der Waals surface area contributed by atoms with Crippen molar-refractivity contribution in [3.63, 3.8) is 0 Å². The summed E-state index contributed by atoms with van der Waals surface area (Å²) in [5.41, 5.74) is 7.62. The highest BCUT2D eigenvalue weighted by Crippen LogP contribution is 2.30. The molecular weight excluding hydrogens is 302 g/mol. The molecule has 1 aromatic carbocycles. The van der Waals surface area contributed by atoms with Crippen molar-refractivity contribution in [3.8, 4) is 0 Å². The maximum atomic E-state index is 11.9. The fourth-order valence-electron chi connectivity index (χ4n) is 3.15. The molecule has 5 nitrogen and oxygen atoms in total. The van der Waals surface area contributed by atoms with E-state index >= 15 is 0 Å². The van der Waals surface area contributed by atoms with E-state index in [1.54, 1.807) is 6.08 Å². The van der Waals surface area contributed by atoms with Crippen LogP contribution < -0.4 is 16.0 Å². The Hall–Kier alpha value is -2.30. The molecule has 1 aliphatic heterocycles. The summed E-state index contributed by atoms with van der Waals surface area (Å²) in [4.78, 5) is 25.6. The van der Waals surface area contributed by atoms with Gasteiger partial charge in [-0.3, -0.25) is 9.59 Å². The Kier molecular flexibility index (Phi) is 5.18. The molecule has 3 N–H and O–H groups in total. The van der Waals surface area contributed by atoms with Crippen LogP contribution in [-0.2, 0) is 16.1 Å². The van der Waals surface area contributed by atoms with Gasteiger partial charge in [-0.2, -0.15) is 0 Å². The summed E-state index contributed by atoms with van der Waals surface area (Å²) in [5.74, 6) is 0.228. The maximum absolute atomic E-state index is 11.9. The third-order valence-electron chi connectivity index (χ3n) is 4.75. The zero-order chi connectivity index (χ0) is 16.9. The summed E-state index contributed by atoms with van der Waals surface area (Å²) < 4.78 is 0. The zero-order valence-corrected chi connectivity index (χ0v) is 13.9. The Balaban J connectivity index is 1.63. The van der Waals surface area contributed by atoms with E-state index in [2.05, 4.69) is 10.2 Å². The first-order valence-electron chi connectivity index (χ1n) is 8.71. The van der Waals surface area contributed by atoms with Crippen molar-refractivity contribution >= 4 is 17.5 Å². The van der Waals surface area contributed by atoms with Crippen LogP contribution in [0, 0.1) is 11.8 Å². The van der Waals surface area contributed by atoms with Crippen molar-refractivity contribution < 1.29 is 9.59 Å². The van der Waals surface area contributed by atoms with E-state index in [9.17, 15) is 9.59 Å². The lowest BCUT2D eigenvalue weighted by molar-refractivity contribution is -0.122. The van der Waals surface area contributed by atoms with Crippen LogP contribution in [0.25, 0.3) is 0 Å². The summed E-state index contributed by atoms with van der Waals surface area (Å²) in [6, 6.07) is 8.03. The van der Waals surface area contributed by atoms with Crippen molar-refractivity contribution in [2.75, 3.05) is 18.0 Å². The van der Waals surface area contributed by atoms with Crippen molar-refractivity contribution in [2.45, 2.75) is 32.2 Å². The van der Waals surface area contributed by atoms with Gasteiger partial charge in [-0.05, 0) is 49.3 Å². The summed E-state index contributed by atoms with van der Waals surface area (Å²) in [6.07, 6.45) is 7.84. The highest BCUT2D eigenvalue weighted by atomic mass is 16.1. The fraction of sp³-hybridized carbons (Fsp3) is 0.474. The van der Waals surface area contributed by atoms with E-state index in [0.717, 1.165) is 30.6 Å². The minimum Gasteiger partial charge on any atom is -0.370 e. The number of allylic oxidation sites excluding steroid dienone is 1. The van der Waals surface area contributed by atoms with Gasteiger partial charge in [0.1, 0.15) is 0 Å². The minimum atomic E-state index is -0.226. The minimum absolute atomic E-state index is 0.0506. The first-order chi connectivity index (χ1) is 11.6. The highest BCUT2D eigenvalue weighted by molar-refractivity contribution is 5.87. The van der Waals surface area contributed by atoms with Gasteiger partial charge < -0.3 is 16.0 Å². The van der Waals surface area contributed by atoms with Crippen LogP contribution >= 0.6 is 0 Å². The number of primary amides is 1. The molecule has 0 radical (unpaired) electrons. The number of hydrogen-bond donors (Lipinski definition) is 2. The number of amides is 2. The lowest BCUT2D eigenvalue weighted by Crippen LogP contribution is -2.41. The van der Waals surface area contributed by atoms with Gasteiger partial charge in [-0.15, -0.1) is 0 Å². The van der Waals surface area contributed by atoms with E-state index < -0.39 is 0 Å². The normalized spacial score (nSPS) is 21.0. The van der Waals surface area contributed by atoms with Crippen LogP contribution in [0.5, 0.6) is 0 Å². The predicted octanol–water partition coefficient (Wildman–Crippen LogP) is 1.97. The SMILES string of the molecule is NC(=O)C1CCCN(c2ccccc2CNC(=O)/C=C/C2CC2)C1. The lowest BCUT2D eigenvalue weighted by Gasteiger charge is -2.34. The Morgan fingerprint density at radius 2 is 2.04 bits per heavy atom. The number of hydrogen-bond acceptors (Lipinski definition) is 3. The number of para-hydroxylation sites is 1. The number of rotatable bonds is 6. The summed E-state index contributed by atoms with van der Waals surface area (Å²) in [7, 11) is 0. The van der Waals surface area contributed by atoms with Crippen LogP contribution in [0.2, 0.25) is 0 Å². The average Bonchev–Trinajstić information content (AvgIpc) is 3.43. The maximum Gasteiger partial charge on any atom is 0.243 e. The predicted molar refractivity (Wildman–Crippen MR) is 94.3 cm³/mol. The van der Waals surface area contributed by atoms with Crippen molar-refractivity contribution in [1.82, 2.24) is 5.32 Å². The van der Waals surface area contributed by atoms with E-state index in [1.165, 1.54) is 12.8 Å². The third-order valence-corrected chi connectivity index (χ3v) is 4.75. The molecule has 0 bridgehead atoms. The molecule has 5 heteroatoms. The molecule has 1 aliphatic carbocycles. The molecule has 2 fully saturated rings. The molecule has 24 heavy (non-hydrogen) atoms. The third kappa shape index (κ3) is 4.37. The molecule has 1 heterocycles. The lowest BCUT2D eigenvalue weighted by atomic mass is 9.96. The van der Waals surface area contributed by atoms with Crippen molar-refractivity contribution in [3.05, 3.63) is 42.0 Å². The van der Waals surface area contributed by atoms with Gasteiger partial charge in [-0.25, -0.2) is 0 Å². The fourth-order valence-corrected chi connectivity index (χ4v) is 3.15. The number of nitrogens with one attached hydrogen (secondary N) is 1.